The Hall–Kier alpha value is -0.870. The predicted octanol–water partition coefficient (Wildman–Crippen LogP) is 1.92. The van der Waals surface area contributed by atoms with E-state index >= 15 is 0 Å². The first-order chi connectivity index (χ1) is 9.28. The molecule has 0 radical (unpaired) electrons. The molecule has 1 aromatic heterocycles. The fourth-order valence-electron chi connectivity index (χ4n) is 3.94. The van der Waals surface area contributed by atoms with Crippen LogP contribution in [0.4, 0.5) is 0 Å². The van der Waals surface area contributed by atoms with Crippen molar-refractivity contribution in [2.24, 2.45) is 7.05 Å². The van der Waals surface area contributed by atoms with Crippen LogP contribution < -0.4 is 5.32 Å². The summed E-state index contributed by atoms with van der Waals surface area (Å²) >= 11 is 0. The number of fused-ring (bicyclic) bond motifs is 2. The third-order valence-electron chi connectivity index (χ3n) is 4.89. The van der Waals surface area contributed by atoms with Crippen molar-refractivity contribution >= 4 is 0 Å². The van der Waals surface area contributed by atoms with Gasteiger partial charge in [0.2, 0.25) is 0 Å². The van der Waals surface area contributed by atoms with E-state index in [0.29, 0.717) is 0 Å². The molecular formula is C15H26N4. The minimum atomic E-state index is 0.739. The Kier molecular flexibility index (Phi) is 3.89. The average molecular weight is 262 g/mol. The number of nitrogens with one attached hydrogen (secondary N) is 1. The van der Waals surface area contributed by atoms with Crippen LogP contribution in [0.3, 0.4) is 0 Å². The van der Waals surface area contributed by atoms with Gasteiger partial charge < -0.3 is 5.32 Å². The number of piperidine rings is 2. The molecule has 2 unspecified atom stereocenters. The fourth-order valence-corrected chi connectivity index (χ4v) is 3.94. The highest BCUT2D eigenvalue weighted by Crippen LogP contribution is 2.35. The van der Waals surface area contributed by atoms with E-state index in [1.807, 2.05) is 10.9 Å². The summed E-state index contributed by atoms with van der Waals surface area (Å²) in [7, 11) is 2.05. The summed E-state index contributed by atoms with van der Waals surface area (Å²) in [6, 6.07) is 4.44. The van der Waals surface area contributed by atoms with Crippen molar-refractivity contribution in [2.75, 3.05) is 6.54 Å². The lowest BCUT2D eigenvalue weighted by Gasteiger charge is -2.49. The minimum absolute atomic E-state index is 0.739. The summed E-state index contributed by atoms with van der Waals surface area (Å²) in [5.74, 6) is 0. The molecule has 4 heteroatoms. The lowest BCUT2D eigenvalue weighted by Crippen LogP contribution is -2.55. The summed E-state index contributed by atoms with van der Waals surface area (Å²) in [5.41, 5.74) is 1.35. The van der Waals surface area contributed by atoms with Crippen molar-refractivity contribution in [1.29, 1.82) is 0 Å². The molecule has 3 rings (SSSR count). The number of nitrogens with zero attached hydrogens (tertiary/aromatic N) is 3. The van der Waals surface area contributed by atoms with Gasteiger partial charge in [-0.05, 0) is 38.3 Å². The van der Waals surface area contributed by atoms with Gasteiger partial charge in [0.15, 0.2) is 0 Å². The molecule has 2 atom stereocenters. The molecule has 2 aliphatic heterocycles. The Balaban J connectivity index is 1.70. The van der Waals surface area contributed by atoms with Gasteiger partial charge >= 0.3 is 0 Å². The third kappa shape index (κ3) is 2.70. The average Bonchev–Trinajstić information content (AvgIpc) is 2.76. The number of hydrogen-bond acceptors (Lipinski definition) is 3. The largest absolute Gasteiger partial charge is 0.314 e. The van der Waals surface area contributed by atoms with Gasteiger partial charge in [-0.1, -0.05) is 13.3 Å². The standard InChI is InChI=1S/C15H26N4/c1-3-16-12-9-13-5-4-6-14(10-12)19(13)11-15-7-8-17-18(15)2/h7-8,12-14,16H,3-6,9-11H2,1-2H3. The number of aryl methyl sites for hydroxylation is 1. The summed E-state index contributed by atoms with van der Waals surface area (Å²) in [5, 5.41) is 7.96. The number of hydrogen-bond donors (Lipinski definition) is 1. The molecule has 0 aliphatic carbocycles. The molecule has 2 aliphatic rings. The maximum atomic E-state index is 4.30. The van der Waals surface area contributed by atoms with Gasteiger partial charge in [-0.25, -0.2) is 0 Å². The second-order valence-electron chi connectivity index (χ2n) is 6.08. The monoisotopic (exact) mass is 262 g/mol. The molecule has 4 nitrogen and oxygen atoms in total. The van der Waals surface area contributed by atoms with Crippen LogP contribution in [0.15, 0.2) is 12.3 Å². The molecule has 0 amide bonds. The highest BCUT2D eigenvalue weighted by Gasteiger charge is 2.37. The zero-order valence-corrected chi connectivity index (χ0v) is 12.2. The molecule has 0 spiro atoms. The topological polar surface area (TPSA) is 33.1 Å². The molecule has 0 aromatic carbocycles. The maximum Gasteiger partial charge on any atom is 0.0521 e. The van der Waals surface area contributed by atoms with Crippen molar-refractivity contribution in [3.05, 3.63) is 18.0 Å². The van der Waals surface area contributed by atoms with Gasteiger partial charge in [-0.15, -0.1) is 0 Å². The zero-order chi connectivity index (χ0) is 13.2. The normalized spacial score (nSPS) is 31.6. The SMILES string of the molecule is CCNC1CC2CCCC(C1)N2Cc1ccnn1C. The lowest BCUT2D eigenvalue weighted by atomic mass is 9.81. The van der Waals surface area contributed by atoms with Crippen LogP contribution in [0, 0.1) is 0 Å². The second kappa shape index (κ2) is 5.63. The van der Waals surface area contributed by atoms with Gasteiger partial charge in [-0.3, -0.25) is 9.58 Å². The van der Waals surface area contributed by atoms with Gasteiger partial charge in [0.05, 0.1) is 5.69 Å². The molecule has 19 heavy (non-hydrogen) atoms. The van der Waals surface area contributed by atoms with Crippen molar-refractivity contribution in [3.63, 3.8) is 0 Å². The van der Waals surface area contributed by atoms with Crippen molar-refractivity contribution < 1.29 is 0 Å². The van der Waals surface area contributed by atoms with Gasteiger partial charge in [0.25, 0.3) is 0 Å². The van der Waals surface area contributed by atoms with Gasteiger partial charge in [0.1, 0.15) is 0 Å². The third-order valence-corrected chi connectivity index (χ3v) is 4.89. The molecule has 2 fully saturated rings. The van der Waals surface area contributed by atoms with Crippen LogP contribution in [0.25, 0.3) is 0 Å². The highest BCUT2D eigenvalue weighted by atomic mass is 15.3. The maximum absolute atomic E-state index is 4.30. The number of rotatable bonds is 4. The molecule has 2 bridgehead atoms. The first-order valence-corrected chi connectivity index (χ1v) is 7.74. The van der Waals surface area contributed by atoms with Crippen LogP contribution >= 0.6 is 0 Å². The van der Waals surface area contributed by atoms with Crippen LogP contribution in [0.1, 0.15) is 44.7 Å². The Morgan fingerprint density at radius 1 is 1.32 bits per heavy atom. The summed E-state index contributed by atoms with van der Waals surface area (Å²) in [6.45, 7) is 4.40. The number of aromatic nitrogens is 2. The lowest BCUT2D eigenvalue weighted by molar-refractivity contribution is 0.0162. The van der Waals surface area contributed by atoms with E-state index in [-0.39, 0.29) is 0 Å². The van der Waals surface area contributed by atoms with Crippen molar-refractivity contribution in [2.45, 2.75) is 63.7 Å². The molecule has 3 heterocycles. The van der Waals surface area contributed by atoms with E-state index in [9.17, 15) is 0 Å². The minimum Gasteiger partial charge on any atom is -0.314 e. The molecular weight excluding hydrogens is 236 g/mol. The first kappa shape index (κ1) is 13.1. The van der Waals surface area contributed by atoms with Gasteiger partial charge in [0, 0.05) is 37.9 Å². The van der Waals surface area contributed by atoms with Crippen LogP contribution in [0.5, 0.6) is 0 Å². The van der Waals surface area contributed by atoms with E-state index in [4.69, 9.17) is 0 Å². The first-order valence-electron chi connectivity index (χ1n) is 7.74. The van der Waals surface area contributed by atoms with Gasteiger partial charge in [-0.2, -0.15) is 5.10 Å². The van der Waals surface area contributed by atoms with Crippen LogP contribution in [0.2, 0.25) is 0 Å². The van der Waals surface area contributed by atoms with Crippen LogP contribution in [-0.4, -0.2) is 39.4 Å². The van der Waals surface area contributed by atoms with E-state index in [2.05, 4.69) is 35.4 Å². The molecule has 2 saturated heterocycles. The molecule has 1 aromatic rings. The predicted molar refractivity (Wildman–Crippen MR) is 76.9 cm³/mol. The highest BCUT2D eigenvalue weighted by molar-refractivity contribution is 5.03. The molecule has 1 N–H and O–H groups in total. The second-order valence-corrected chi connectivity index (χ2v) is 6.08. The fraction of sp³-hybridized carbons (Fsp3) is 0.800. The smallest absolute Gasteiger partial charge is 0.0521 e. The summed E-state index contributed by atoms with van der Waals surface area (Å²) < 4.78 is 2.02. The summed E-state index contributed by atoms with van der Waals surface area (Å²) in [6.07, 6.45) is 8.71. The quantitative estimate of drug-likeness (QED) is 0.900. The van der Waals surface area contributed by atoms with Crippen molar-refractivity contribution in [3.8, 4) is 0 Å². The van der Waals surface area contributed by atoms with Crippen molar-refractivity contribution in [1.82, 2.24) is 20.0 Å². The van der Waals surface area contributed by atoms with E-state index in [0.717, 1.165) is 31.2 Å². The Morgan fingerprint density at radius 3 is 2.63 bits per heavy atom. The van der Waals surface area contributed by atoms with E-state index in [1.165, 1.54) is 37.8 Å². The molecule has 106 valence electrons. The molecule has 0 saturated carbocycles. The van der Waals surface area contributed by atoms with E-state index in [1.54, 1.807) is 0 Å². The zero-order valence-electron chi connectivity index (χ0n) is 12.2. The van der Waals surface area contributed by atoms with E-state index < -0.39 is 0 Å². The Labute approximate surface area is 116 Å². The summed E-state index contributed by atoms with van der Waals surface area (Å²) in [4.78, 5) is 2.74. The Bertz CT molecular complexity index is 400. The van der Waals surface area contributed by atoms with Crippen LogP contribution in [-0.2, 0) is 13.6 Å². The Morgan fingerprint density at radius 2 is 2.05 bits per heavy atom.